The van der Waals surface area contributed by atoms with Gasteiger partial charge in [0, 0.05) is 39.3 Å². The zero-order valence-electron chi connectivity index (χ0n) is 24.5. The molecule has 0 aromatic rings. The molecule has 0 spiro atoms. The van der Waals surface area contributed by atoms with E-state index < -0.39 is 0 Å². The molecule has 0 aliphatic heterocycles. The molecule has 0 aromatic carbocycles. The molecule has 0 saturated heterocycles. The number of hydrogen-bond donors (Lipinski definition) is 0. The summed E-state index contributed by atoms with van der Waals surface area (Å²) >= 11 is 29.9. The van der Waals surface area contributed by atoms with Crippen molar-refractivity contribution in [3.63, 3.8) is 0 Å². The molecular formula is C27H54CeN3S6. The minimum atomic E-state index is 0. The molecule has 0 atom stereocenters. The average molecular weight is 753 g/mol. The Balaban J connectivity index is -0.000000218. The number of thiocarbonyl (C=S) groups is 3. The summed E-state index contributed by atoms with van der Waals surface area (Å²) in [5, 5.41) is 0. The van der Waals surface area contributed by atoms with E-state index in [0.717, 1.165) is 39.3 Å². The molecule has 0 heterocycles. The first-order chi connectivity index (χ1) is 17.2. The Morgan fingerprint density at radius 2 is 0.541 bits per heavy atom. The van der Waals surface area contributed by atoms with E-state index in [9.17, 15) is 0 Å². The van der Waals surface area contributed by atoms with Crippen molar-refractivity contribution in [3.05, 3.63) is 0 Å². The van der Waals surface area contributed by atoms with Crippen LogP contribution in [0.2, 0.25) is 0 Å². The van der Waals surface area contributed by atoms with E-state index in [1.54, 1.807) is 0 Å². The largest absolute Gasteiger partial charge is 3.00 e. The Kier molecular flexibility index (Phi) is 44.1. The van der Waals surface area contributed by atoms with E-state index in [1.165, 1.54) is 77.0 Å². The molecule has 217 valence electrons. The minimum Gasteiger partial charge on any atom is -0.411 e. The van der Waals surface area contributed by atoms with Gasteiger partial charge in [-0.05, 0) is 38.5 Å². The van der Waals surface area contributed by atoms with Gasteiger partial charge in [0.05, 0.1) is 0 Å². The topological polar surface area (TPSA) is 9.72 Å². The van der Waals surface area contributed by atoms with Crippen molar-refractivity contribution in [3.8, 4) is 0 Å². The molecule has 0 N–H and O–H groups in total. The summed E-state index contributed by atoms with van der Waals surface area (Å²) in [6.07, 6.45) is 14.4. The predicted octanol–water partition coefficient (Wildman–Crippen LogP) is 8.16. The maximum Gasteiger partial charge on any atom is 3.00 e. The van der Waals surface area contributed by atoms with Crippen molar-refractivity contribution < 1.29 is 41.7 Å². The van der Waals surface area contributed by atoms with Gasteiger partial charge in [0.25, 0.3) is 0 Å². The normalized spacial score (nSPS) is 9.57. The molecule has 0 rings (SSSR count). The molecule has 0 aliphatic rings. The van der Waals surface area contributed by atoms with Gasteiger partial charge in [-0.3, -0.25) is 0 Å². The van der Waals surface area contributed by atoms with Crippen LogP contribution in [0, 0.1) is 41.7 Å². The fourth-order valence-corrected chi connectivity index (χ4v) is 4.07. The van der Waals surface area contributed by atoms with Crippen LogP contribution in [0.25, 0.3) is 0 Å². The third-order valence-electron chi connectivity index (χ3n) is 5.46. The third kappa shape index (κ3) is 33.8. The minimum absolute atomic E-state index is 0. The molecule has 1 radical (unpaired) electrons. The molecule has 0 aliphatic carbocycles. The van der Waals surface area contributed by atoms with Crippen molar-refractivity contribution in [1.82, 2.24) is 14.7 Å². The average Bonchev–Trinajstić information content (AvgIpc) is 2.84. The van der Waals surface area contributed by atoms with Crippen molar-refractivity contribution in [2.24, 2.45) is 0 Å². The van der Waals surface area contributed by atoms with Gasteiger partial charge < -0.3 is 89.2 Å². The Hall–Kier alpha value is 1.71. The SMILES string of the molecule is CCCCN(CCCC)C(=S)[S-].CCCCN(CCCC)C(=S)[S-].CCCCN(CCCC)C(=S)[S-].[Ce+3]. The predicted molar refractivity (Wildman–Crippen MR) is 184 cm³/mol. The van der Waals surface area contributed by atoms with Crippen LogP contribution in [0.4, 0.5) is 0 Å². The molecule has 3 nitrogen and oxygen atoms in total. The van der Waals surface area contributed by atoms with Gasteiger partial charge in [-0.25, -0.2) is 0 Å². The number of unbranched alkanes of at least 4 members (excludes halogenated alkanes) is 6. The number of rotatable bonds is 18. The molecule has 0 bridgehead atoms. The maximum absolute atomic E-state index is 4.98. The number of hydrogen-bond acceptors (Lipinski definition) is 6. The van der Waals surface area contributed by atoms with Gasteiger partial charge >= 0.3 is 41.7 Å². The molecule has 0 unspecified atom stereocenters. The standard InChI is InChI=1S/3C9H19NS2.Ce/c3*1-3-5-7-10(9(11)12)8-6-4-2;/h3*3-8H2,1-2H3,(H,11,12);/q;;;+3/p-3. The van der Waals surface area contributed by atoms with E-state index in [4.69, 9.17) is 74.5 Å². The van der Waals surface area contributed by atoms with Crippen LogP contribution < -0.4 is 0 Å². The first kappa shape index (κ1) is 45.7. The first-order valence-electron chi connectivity index (χ1n) is 14.0. The summed E-state index contributed by atoms with van der Waals surface area (Å²) in [6.45, 7) is 19.4. The Labute approximate surface area is 298 Å². The van der Waals surface area contributed by atoms with Gasteiger partial charge in [-0.15, -0.1) is 0 Å². The van der Waals surface area contributed by atoms with Crippen molar-refractivity contribution in [1.29, 1.82) is 0 Å². The fourth-order valence-electron chi connectivity index (χ4n) is 2.98. The van der Waals surface area contributed by atoms with Crippen LogP contribution in [0.5, 0.6) is 0 Å². The first-order valence-corrected chi connectivity index (χ1v) is 16.5. The van der Waals surface area contributed by atoms with Gasteiger partial charge in [-0.2, -0.15) is 0 Å². The zero-order chi connectivity index (χ0) is 28.2. The summed E-state index contributed by atoms with van der Waals surface area (Å²) in [7, 11) is 0. The summed E-state index contributed by atoms with van der Waals surface area (Å²) in [5.74, 6) is 0. The summed E-state index contributed by atoms with van der Waals surface area (Å²) in [4.78, 5) is 6.41. The Bertz CT molecular complexity index is 431. The van der Waals surface area contributed by atoms with E-state index in [1.807, 2.05) is 0 Å². The smallest absolute Gasteiger partial charge is 0.411 e. The second-order valence-electron chi connectivity index (χ2n) is 8.88. The Morgan fingerprint density at radius 3 is 0.622 bits per heavy atom. The molecular weight excluding hydrogens is 699 g/mol. The second kappa shape index (κ2) is 35.7. The summed E-state index contributed by atoms with van der Waals surface area (Å²) in [6, 6.07) is 0. The van der Waals surface area contributed by atoms with Crippen LogP contribution in [-0.4, -0.2) is 66.9 Å². The Morgan fingerprint density at radius 1 is 0.405 bits per heavy atom. The second-order valence-corrected chi connectivity index (χ2v) is 12.0. The van der Waals surface area contributed by atoms with Crippen LogP contribution >= 0.6 is 36.7 Å². The van der Waals surface area contributed by atoms with Gasteiger partial charge in [0.1, 0.15) is 0 Å². The number of nitrogens with zero attached hydrogens (tertiary/aromatic N) is 3. The van der Waals surface area contributed by atoms with Crippen LogP contribution in [0.3, 0.4) is 0 Å². The zero-order valence-corrected chi connectivity index (χ0v) is 32.6. The van der Waals surface area contributed by atoms with Crippen LogP contribution in [0.15, 0.2) is 0 Å². The molecule has 0 aromatic heterocycles. The summed E-state index contributed by atoms with van der Waals surface area (Å²) < 4.78 is 1.91. The third-order valence-corrected chi connectivity index (χ3v) is 7.01. The van der Waals surface area contributed by atoms with Gasteiger partial charge in [-0.1, -0.05) is 93.0 Å². The molecule has 37 heavy (non-hydrogen) atoms. The van der Waals surface area contributed by atoms with Crippen molar-refractivity contribution in [2.75, 3.05) is 39.3 Å². The van der Waals surface area contributed by atoms with E-state index in [2.05, 4.69) is 56.2 Å². The molecule has 0 amide bonds. The van der Waals surface area contributed by atoms with E-state index in [-0.39, 0.29) is 41.7 Å². The molecule has 0 saturated carbocycles. The summed E-state index contributed by atoms with van der Waals surface area (Å²) in [5.41, 5.74) is 0. The quantitative estimate of drug-likeness (QED) is 0.101. The monoisotopic (exact) mass is 752 g/mol. The van der Waals surface area contributed by atoms with Crippen molar-refractivity contribution in [2.45, 2.75) is 119 Å². The maximum atomic E-state index is 4.98. The molecule has 0 fully saturated rings. The van der Waals surface area contributed by atoms with Gasteiger partial charge in [0.15, 0.2) is 0 Å². The van der Waals surface area contributed by atoms with Crippen LogP contribution in [0.1, 0.15) is 119 Å². The molecule has 10 heteroatoms. The fraction of sp³-hybridized carbons (Fsp3) is 0.889. The van der Waals surface area contributed by atoms with E-state index >= 15 is 0 Å². The van der Waals surface area contributed by atoms with Crippen LogP contribution in [-0.2, 0) is 37.9 Å². The van der Waals surface area contributed by atoms with Gasteiger partial charge in [0.2, 0.25) is 0 Å². The van der Waals surface area contributed by atoms with Crippen molar-refractivity contribution >= 4 is 87.5 Å². The van der Waals surface area contributed by atoms with E-state index in [0.29, 0.717) is 13.0 Å².